The summed E-state index contributed by atoms with van der Waals surface area (Å²) in [5, 5.41) is 15.5. The van der Waals surface area contributed by atoms with E-state index in [1.807, 2.05) is 31.3 Å². The van der Waals surface area contributed by atoms with Gasteiger partial charge in [-0.3, -0.25) is 4.68 Å². The lowest BCUT2D eigenvalue weighted by Crippen LogP contribution is -2.06. The summed E-state index contributed by atoms with van der Waals surface area (Å²) in [4.78, 5) is 0. The Bertz CT molecular complexity index is 798. The van der Waals surface area contributed by atoms with Crippen LogP contribution in [0.4, 0.5) is 8.78 Å². The summed E-state index contributed by atoms with van der Waals surface area (Å²) in [5.74, 6) is -1.41. The maximum atomic E-state index is 13.7. The fourth-order valence-electron chi connectivity index (χ4n) is 2.50. The zero-order valence-corrected chi connectivity index (χ0v) is 11.4. The Morgan fingerprint density at radius 1 is 1.19 bits per heavy atom. The third-order valence-corrected chi connectivity index (χ3v) is 3.54. The molecule has 3 aromatic rings. The molecule has 2 aromatic carbocycles. The molecule has 1 aromatic heterocycles. The fourth-order valence-corrected chi connectivity index (χ4v) is 2.50. The number of rotatable bonds is 3. The summed E-state index contributed by atoms with van der Waals surface area (Å²) < 4.78 is 28.3. The van der Waals surface area contributed by atoms with Crippen LogP contribution < -0.4 is 0 Å². The highest BCUT2D eigenvalue weighted by Gasteiger charge is 2.17. The molecule has 3 nitrogen and oxygen atoms in total. The molecule has 1 atom stereocenters. The first kappa shape index (κ1) is 13.7. The molecular formula is C16H14F2N2O. The lowest BCUT2D eigenvalue weighted by Gasteiger charge is -2.10. The van der Waals surface area contributed by atoms with Crippen LogP contribution in [0.25, 0.3) is 10.9 Å². The number of para-hydroxylation sites is 1. The van der Waals surface area contributed by atoms with Crippen molar-refractivity contribution in [2.24, 2.45) is 7.05 Å². The first-order valence-electron chi connectivity index (χ1n) is 6.60. The predicted molar refractivity (Wildman–Crippen MR) is 75.7 cm³/mol. The lowest BCUT2D eigenvalue weighted by atomic mass is 10.0. The molecule has 0 aliphatic carbocycles. The van der Waals surface area contributed by atoms with Gasteiger partial charge < -0.3 is 5.11 Å². The second kappa shape index (κ2) is 5.26. The number of hydrogen-bond donors (Lipinski definition) is 1. The summed E-state index contributed by atoms with van der Waals surface area (Å²) in [6.07, 6.45) is -0.895. The smallest absolute Gasteiger partial charge is 0.131 e. The van der Waals surface area contributed by atoms with E-state index in [2.05, 4.69) is 5.10 Å². The van der Waals surface area contributed by atoms with Crippen LogP contribution in [0.3, 0.4) is 0 Å². The zero-order valence-electron chi connectivity index (χ0n) is 11.4. The van der Waals surface area contributed by atoms with E-state index in [-0.39, 0.29) is 12.0 Å². The first-order valence-corrected chi connectivity index (χ1v) is 6.60. The van der Waals surface area contributed by atoms with Crippen LogP contribution in [0.15, 0.2) is 42.5 Å². The van der Waals surface area contributed by atoms with Crippen molar-refractivity contribution in [2.45, 2.75) is 12.5 Å². The van der Waals surface area contributed by atoms with E-state index in [0.29, 0.717) is 5.69 Å². The van der Waals surface area contributed by atoms with Gasteiger partial charge in [-0.25, -0.2) is 8.78 Å². The van der Waals surface area contributed by atoms with Crippen LogP contribution in [-0.4, -0.2) is 14.9 Å². The Kier molecular flexibility index (Phi) is 3.43. The second-order valence-corrected chi connectivity index (χ2v) is 4.97. The molecule has 0 fully saturated rings. The number of hydrogen-bond acceptors (Lipinski definition) is 2. The predicted octanol–water partition coefficient (Wildman–Crippen LogP) is 3.13. The van der Waals surface area contributed by atoms with Crippen molar-refractivity contribution in [3.8, 4) is 0 Å². The van der Waals surface area contributed by atoms with Gasteiger partial charge in [-0.1, -0.05) is 24.3 Å². The van der Waals surface area contributed by atoms with Gasteiger partial charge in [0.05, 0.1) is 17.3 Å². The minimum absolute atomic E-state index is 0.0751. The Balaban J connectivity index is 1.94. The molecule has 0 amide bonds. The number of fused-ring (bicyclic) bond motifs is 1. The number of halogens is 2. The highest BCUT2D eigenvalue weighted by atomic mass is 19.1. The first-order chi connectivity index (χ1) is 10.1. The van der Waals surface area contributed by atoms with E-state index in [1.54, 1.807) is 4.68 Å². The molecule has 1 heterocycles. The van der Waals surface area contributed by atoms with Crippen molar-refractivity contribution in [2.75, 3.05) is 0 Å². The number of nitrogens with zero attached hydrogens (tertiary/aromatic N) is 2. The van der Waals surface area contributed by atoms with Crippen molar-refractivity contribution in [3.05, 3.63) is 65.4 Å². The third-order valence-electron chi connectivity index (χ3n) is 3.54. The van der Waals surface area contributed by atoms with Crippen molar-refractivity contribution >= 4 is 10.9 Å². The Labute approximate surface area is 120 Å². The molecule has 0 aliphatic rings. The van der Waals surface area contributed by atoms with Gasteiger partial charge in [-0.05, 0) is 12.1 Å². The molecule has 0 saturated carbocycles. The van der Waals surface area contributed by atoms with Gasteiger partial charge in [-0.2, -0.15) is 5.10 Å². The number of aryl methyl sites for hydroxylation is 1. The molecule has 1 unspecified atom stereocenters. The summed E-state index contributed by atoms with van der Waals surface area (Å²) in [5.41, 5.74) is 1.70. The third kappa shape index (κ3) is 2.52. The van der Waals surface area contributed by atoms with E-state index in [4.69, 9.17) is 0 Å². The van der Waals surface area contributed by atoms with Crippen molar-refractivity contribution in [1.29, 1.82) is 0 Å². The molecular weight excluding hydrogens is 274 g/mol. The fraction of sp³-hybridized carbons (Fsp3) is 0.188. The van der Waals surface area contributed by atoms with E-state index < -0.39 is 17.7 Å². The monoisotopic (exact) mass is 288 g/mol. The lowest BCUT2D eigenvalue weighted by molar-refractivity contribution is 0.172. The normalized spacial score (nSPS) is 12.8. The largest absolute Gasteiger partial charge is 0.388 e. The topological polar surface area (TPSA) is 38.0 Å². The Morgan fingerprint density at radius 3 is 2.71 bits per heavy atom. The molecule has 0 saturated heterocycles. The average molecular weight is 288 g/mol. The van der Waals surface area contributed by atoms with Crippen LogP contribution in [0.5, 0.6) is 0 Å². The van der Waals surface area contributed by atoms with Crippen molar-refractivity contribution in [3.63, 3.8) is 0 Å². The number of aliphatic hydroxyl groups is 1. The summed E-state index contributed by atoms with van der Waals surface area (Å²) in [7, 11) is 1.82. The van der Waals surface area contributed by atoms with E-state index in [0.717, 1.165) is 23.0 Å². The SMILES string of the molecule is Cn1nc(CC(O)c2ccc(F)cc2F)c2ccccc21. The van der Waals surface area contributed by atoms with Crippen molar-refractivity contribution < 1.29 is 13.9 Å². The summed E-state index contributed by atoms with van der Waals surface area (Å²) in [6, 6.07) is 10.8. The minimum Gasteiger partial charge on any atom is -0.388 e. The maximum absolute atomic E-state index is 13.7. The number of aliphatic hydroxyl groups excluding tert-OH is 1. The van der Waals surface area contributed by atoms with Crippen LogP contribution >= 0.6 is 0 Å². The summed E-state index contributed by atoms with van der Waals surface area (Å²) >= 11 is 0. The van der Waals surface area contributed by atoms with Crippen LogP contribution in [0.1, 0.15) is 17.4 Å². The Hall–Kier alpha value is -2.27. The van der Waals surface area contributed by atoms with Gasteiger partial charge in [0, 0.05) is 30.5 Å². The number of benzene rings is 2. The highest BCUT2D eigenvalue weighted by molar-refractivity contribution is 5.81. The molecule has 21 heavy (non-hydrogen) atoms. The van der Waals surface area contributed by atoms with Crippen LogP contribution in [-0.2, 0) is 13.5 Å². The van der Waals surface area contributed by atoms with Gasteiger partial charge in [0.2, 0.25) is 0 Å². The van der Waals surface area contributed by atoms with E-state index in [1.165, 1.54) is 6.07 Å². The molecule has 1 N–H and O–H groups in total. The number of aromatic nitrogens is 2. The summed E-state index contributed by atoms with van der Waals surface area (Å²) in [6.45, 7) is 0. The van der Waals surface area contributed by atoms with Gasteiger partial charge in [-0.15, -0.1) is 0 Å². The highest BCUT2D eigenvalue weighted by Crippen LogP contribution is 2.25. The average Bonchev–Trinajstić information content (AvgIpc) is 2.76. The van der Waals surface area contributed by atoms with Crippen LogP contribution in [0.2, 0.25) is 0 Å². The van der Waals surface area contributed by atoms with Gasteiger partial charge >= 0.3 is 0 Å². The molecule has 0 spiro atoms. The molecule has 3 rings (SSSR count). The zero-order chi connectivity index (χ0) is 15.0. The van der Waals surface area contributed by atoms with E-state index in [9.17, 15) is 13.9 Å². The molecule has 0 radical (unpaired) electrons. The van der Waals surface area contributed by atoms with Gasteiger partial charge in [0.1, 0.15) is 11.6 Å². The van der Waals surface area contributed by atoms with E-state index >= 15 is 0 Å². The molecule has 0 aliphatic heterocycles. The minimum atomic E-state index is -1.07. The van der Waals surface area contributed by atoms with Crippen LogP contribution in [0, 0.1) is 11.6 Å². The molecule has 108 valence electrons. The van der Waals surface area contributed by atoms with Gasteiger partial charge in [0.25, 0.3) is 0 Å². The standard InChI is InChI=1S/C16H14F2N2O/c1-20-15-5-3-2-4-12(15)14(19-20)9-16(21)11-7-6-10(17)8-13(11)18/h2-8,16,21H,9H2,1H3. The van der Waals surface area contributed by atoms with Crippen molar-refractivity contribution in [1.82, 2.24) is 9.78 Å². The second-order valence-electron chi connectivity index (χ2n) is 4.97. The van der Waals surface area contributed by atoms with Gasteiger partial charge in [0.15, 0.2) is 0 Å². The molecule has 0 bridgehead atoms. The molecule has 5 heteroatoms. The quantitative estimate of drug-likeness (QED) is 0.804. The Morgan fingerprint density at radius 2 is 1.95 bits per heavy atom. The maximum Gasteiger partial charge on any atom is 0.131 e.